The van der Waals surface area contributed by atoms with Crippen molar-refractivity contribution in [1.82, 2.24) is 4.98 Å². The predicted molar refractivity (Wildman–Crippen MR) is 79.8 cm³/mol. The summed E-state index contributed by atoms with van der Waals surface area (Å²) in [6, 6.07) is 6.73. The Balaban J connectivity index is 2.13. The zero-order valence-corrected chi connectivity index (χ0v) is 12.1. The summed E-state index contributed by atoms with van der Waals surface area (Å²) >= 11 is 0. The Labute approximate surface area is 134 Å². The minimum Gasteiger partial charge on any atom is -0.480 e. The summed E-state index contributed by atoms with van der Waals surface area (Å²) < 4.78 is 37.5. The number of pyridine rings is 1. The topological polar surface area (TPSA) is 91.3 Å². The highest BCUT2D eigenvalue weighted by Gasteiger charge is 2.30. The molecule has 0 saturated carbocycles. The van der Waals surface area contributed by atoms with Gasteiger partial charge in [0.05, 0.1) is 11.3 Å². The first-order valence-electron chi connectivity index (χ1n) is 6.66. The number of nitrogens with one attached hydrogen (secondary N) is 2. The molecule has 0 atom stereocenters. The van der Waals surface area contributed by atoms with E-state index in [0.29, 0.717) is 0 Å². The molecule has 0 aliphatic carbocycles. The summed E-state index contributed by atoms with van der Waals surface area (Å²) in [5, 5.41) is 13.6. The number of aliphatic carboxylic acids is 1. The first kappa shape index (κ1) is 17.3. The number of carbonyl (C=O) groups is 2. The number of aromatic nitrogens is 1. The van der Waals surface area contributed by atoms with Crippen LogP contribution in [-0.4, -0.2) is 28.5 Å². The molecular formula is C15H12F3N3O3. The largest absolute Gasteiger partial charge is 0.480 e. The molecule has 0 aliphatic rings. The van der Waals surface area contributed by atoms with Crippen LogP contribution in [-0.2, 0) is 11.0 Å². The van der Waals surface area contributed by atoms with Gasteiger partial charge in [-0.25, -0.2) is 4.98 Å². The van der Waals surface area contributed by atoms with E-state index in [1.807, 2.05) is 0 Å². The van der Waals surface area contributed by atoms with Gasteiger partial charge < -0.3 is 15.7 Å². The average Bonchev–Trinajstić information content (AvgIpc) is 2.53. The Morgan fingerprint density at radius 1 is 1.12 bits per heavy atom. The number of halogens is 3. The van der Waals surface area contributed by atoms with Crippen LogP contribution in [0.3, 0.4) is 0 Å². The normalized spacial score (nSPS) is 11.0. The van der Waals surface area contributed by atoms with E-state index in [4.69, 9.17) is 5.11 Å². The van der Waals surface area contributed by atoms with E-state index < -0.39 is 30.2 Å². The highest BCUT2D eigenvalue weighted by atomic mass is 19.4. The van der Waals surface area contributed by atoms with Gasteiger partial charge in [0.25, 0.3) is 5.91 Å². The maximum Gasteiger partial charge on any atom is 0.416 e. The molecule has 6 nitrogen and oxygen atoms in total. The quantitative estimate of drug-likeness (QED) is 0.779. The van der Waals surface area contributed by atoms with Crippen LogP contribution in [0, 0.1) is 0 Å². The Morgan fingerprint density at radius 2 is 1.79 bits per heavy atom. The monoisotopic (exact) mass is 339 g/mol. The lowest BCUT2D eigenvalue weighted by atomic mass is 10.1. The van der Waals surface area contributed by atoms with Crippen molar-refractivity contribution >= 4 is 23.4 Å². The van der Waals surface area contributed by atoms with Crippen LogP contribution in [0.15, 0.2) is 42.6 Å². The molecule has 0 spiro atoms. The van der Waals surface area contributed by atoms with E-state index in [0.717, 1.165) is 24.3 Å². The van der Waals surface area contributed by atoms with Crippen LogP contribution in [0.4, 0.5) is 24.7 Å². The van der Waals surface area contributed by atoms with Gasteiger partial charge in [0, 0.05) is 11.8 Å². The molecule has 0 unspecified atom stereocenters. The lowest BCUT2D eigenvalue weighted by Gasteiger charge is -2.11. The number of anilines is 2. The molecule has 1 aromatic heterocycles. The summed E-state index contributed by atoms with van der Waals surface area (Å²) in [5.41, 5.74) is -0.621. The van der Waals surface area contributed by atoms with Crippen molar-refractivity contribution in [2.24, 2.45) is 0 Å². The Kier molecular flexibility index (Phi) is 5.02. The number of carboxylic acids is 1. The van der Waals surface area contributed by atoms with E-state index in [1.54, 1.807) is 0 Å². The highest BCUT2D eigenvalue weighted by molar-refractivity contribution is 6.05. The minimum atomic E-state index is -4.48. The van der Waals surface area contributed by atoms with Crippen molar-refractivity contribution in [2.75, 3.05) is 17.2 Å². The second kappa shape index (κ2) is 6.99. The summed E-state index contributed by atoms with van der Waals surface area (Å²) in [4.78, 5) is 26.6. The fourth-order valence-corrected chi connectivity index (χ4v) is 1.81. The molecule has 126 valence electrons. The smallest absolute Gasteiger partial charge is 0.416 e. The molecular weight excluding hydrogens is 327 g/mol. The average molecular weight is 339 g/mol. The molecule has 0 fully saturated rings. The number of carboxylic acid groups (broad SMARTS) is 1. The molecule has 2 aromatic rings. The highest BCUT2D eigenvalue weighted by Crippen LogP contribution is 2.29. The lowest BCUT2D eigenvalue weighted by molar-refractivity contribution is -0.137. The zero-order valence-electron chi connectivity index (χ0n) is 12.1. The lowest BCUT2D eigenvalue weighted by Crippen LogP contribution is -2.17. The van der Waals surface area contributed by atoms with Crippen molar-refractivity contribution < 1.29 is 27.9 Å². The maximum absolute atomic E-state index is 12.5. The minimum absolute atomic E-state index is 0.0241. The van der Waals surface area contributed by atoms with Crippen LogP contribution in [0.2, 0.25) is 0 Å². The Morgan fingerprint density at radius 3 is 2.38 bits per heavy atom. The Hall–Kier alpha value is -3.10. The second-order valence-corrected chi connectivity index (χ2v) is 4.68. The number of benzene rings is 1. The van der Waals surface area contributed by atoms with Crippen molar-refractivity contribution in [3.8, 4) is 0 Å². The molecule has 1 aromatic carbocycles. The SMILES string of the molecule is O=C(O)CNc1ncccc1NC(=O)c1ccc(C(F)(F)F)cc1. The van der Waals surface area contributed by atoms with E-state index in [2.05, 4.69) is 15.6 Å². The number of nitrogens with zero attached hydrogens (tertiary/aromatic N) is 1. The summed E-state index contributed by atoms with van der Waals surface area (Å²) in [5.74, 6) is -1.61. The van der Waals surface area contributed by atoms with Gasteiger partial charge in [0.2, 0.25) is 0 Å². The van der Waals surface area contributed by atoms with Crippen molar-refractivity contribution in [3.05, 3.63) is 53.7 Å². The first-order chi connectivity index (χ1) is 11.3. The van der Waals surface area contributed by atoms with Crippen LogP contribution in [0.1, 0.15) is 15.9 Å². The standard InChI is InChI=1S/C15H12F3N3O3/c16-15(17,18)10-5-3-9(4-6-10)14(24)21-11-2-1-7-19-13(11)20-8-12(22)23/h1-7H,8H2,(H,19,20)(H,21,24)(H,22,23). The summed E-state index contributed by atoms with van der Waals surface area (Å²) in [6.45, 7) is -0.403. The van der Waals surface area contributed by atoms with Gasteiger partial charge in [-0.2, -0.15) is 13.2 Å². The first-order valence-corrected chi connectivity index (χ1v) is 6.66. The second-order valence-electron chi connectivity index (χ2n) is 4.68. The predicted octanol–water partition coefficient (Wildman–Crippen LogP) is 2.85. The maximum atomic E-state index is 12.5. The molecule has 1 heterocycles. The number of carbonyl (C=O) groups excluding carboxylic acids is 1. The number of alkyl halides is 3. The number of amides is 1. The van der Waals surface area contributed by atoms with Crippen LogP contribution < -0.4 is 10.6 Å². The number of hydrogen-bond acceptors (Lipinski definition) is 4. The summed E-state index contributed by atoms with van der Waals surface area (Å²) in [6.07, 6.45) is -3.08. The third-order valence-corrected chi connectivity index (χ3v) is 2.94. The molecule has 0 aliphatic heterocycles. The van der Waals surface area contributed by atoms with Gasteiger partial charge in [-0.3, -0.25) is 9.59 Å². The van der Waals surface area contributed by atoms with Crippen LogP contribution in [0.25, 0.3) is 0 Å². The van der Waals surface area contributed by atoms with Gasteiger partial charge >= 0.3 is 12.1 Å². The van der Waals surface area contributed by atoms with Gasteiger partial charge in [-0.05, 0) is 36.4 Å². The van der Waals surface area contributed by atoms with Gasteiger partial charge in [0.15, 0.2) is 0 Å². The fraction of sp³-hybridized carbons (Fsp3) is 0.133. The van der Waals surface area contributed by atoms with E-state index >= 15 is 0 Å². The van der Waals surface area contributed by atoms with Gasteiger partial charge in [-0.15, -0.1) is 0 Å². The zero-order chi connectivity index (χ0) is 17.7. The number of rotatable bonds is 5. The molecule has 1 amide bonds. The fourth-order valence-electron chi connectivity index (χ4n) is 1.81. The molecule has 0 saturated heterocycles. The molecule has 24 heavy (non-hydrogen) atoms. The van der Waals surface area contributed by atoms with E-state index in [9.17, 15) is 22.8 Å². The van der Waals surface area contributed by atoms with Crippen molar-refractivity contribution in [1.29, 1.82) is 0 Å². The van der Waals surface area contributed by atoms with Crippen molar-refractivity contribution in [3.63, 3.8) is 0 Å². The van der Waals surface area contributed by atoms with Gasteiger partial charge in [0.1, 0.15) is 12.4 Å². The summed E-state index contributed by atoms with van der Waals surface area (Å²) in [7, 11) is 0. The van der Waals surface area contributed by atoms with Crippen LogP contribution >= 0.6 is 0 Å². The molecule has 9 heteroatoms. The van der Waals surface area contributed by atoms with Crippen molar-refractivity contribution in [2.45, 2.75) is 6.18 Å². The molecule has 0 radical (unpaired) electrons. The molecule has 0 bridgehead atoms. The third kappa shape index (κ3) is 4.45. The van der Waals surface area contributed by atoms with Gasteiger partial charge in [-0.1, -0.05) is 0 Å². The van der Waals surface area contributed by atoms with Crippen LogP contribution in [0.5, 0.6) is 0 Å². The van der Waals surface area contributed by atoms with E-state index in [-0.39, 0.29) is 17.1 Å². The third-order valence-electron chi connectivity index (χ3n) is 2.94. The molecule has 2 rings (SSSR count). The Bertz CT molecular complexity index is 746. The molecule has 3 N–H and O–H groups in total. The number of hydrogen-bond donors (Lipinski definition) is 3. The van der Waals surface area contributed by atoms with E-state index in [1.165, 1.54) is 18.3 Å².